The number of imidazole rings is 1. The molecule has 2 N–H and O–H groups in total. The van der Waals surface area contributed by atoms with Gasteiger partial charge in [-0.15, -0.1) is 11.8 Å². The molecule has 9 heteroatoms. The van der Waals surface area contributed by atoms with Crippen LogP contribution in [0.4, 0.5) is 13.2 Å². The first-order chi connectivity index (χ1) is 19.8. The van der Waals surface area contributed by atoms with Gasteiger partial charge in [-0.2, -0.15) is 4.39 Å². The molecule has 6 rings (SSSR count). The molecule has 41 heavy (non-hydrogen) atoms. The highest BCUT2D eigenvalue weighted by atomic mass is 32.2. The van der Waals surface area contributed by atoms with E-state index in [-0.39, 0.29) is 22.6 Å². The molecule has 0 spiro atoms. The third kappa shape index (κ3) is 4.47. The third-order valence-corrected chi connectivity index (χ3v) is 9.04. The van der Waals surface area contributed by atoms with Gasteiger partial charge in [0.2, 0.25) is 5.82 Å². The van der Waals surface area contributed by atoms with Gasteiger partial charge in [-0.3, -0.25) is 0 Å². The molecule has 0 bridgehead atoms. The number of aromatic nitrogens is 3. The van der Waals surface area contributed by atoms with Crippen molar-refractivity contribution in [1.29, 1.82) is 0 Å². The van der Waals surface area contributed by atoms with Crippen LogP contribution in [0.5, 0.6) is 17.2 Å². The van der Waals surface area contributed by atoms with Crippen molar-refractivity contribution < 1.29 is 22.6 Å². The summed E-state index contributed by atoms with van der Waals surface area (Å²) in [6, 6.07) is 12.0. The second-order valence-corrected chi connectivity index (χ2v) is 11.4. The van der Waals surface area contributed by atoms with Gasteiger partial charge in [0.1, 0.15) is 23.1 Å². The number of thioether (sulfide) groups is 1. The molecular weight excluding hydrogens is 547 g/mol. The molecule has 2 aromatic heterocycles. The normalized spacial score (nSPS) is 17.3. The molecule has 0 radical (unpaired) electrons. The molecule has 212 valence electrons. The molecule has 0 saturated carbocycles. The molecule has 5 nitrogen and oxygen atoms in total. The maximum absolute atomic E-state index is 15.1. The number of benzene rings is 3. The molecule has 0 saturated heterocycles. The molecule has 0 amide bonds. The highest BCUT2D eigenvalue weighted by Crippen LogP contribution is 2.47. The van der Waals surface area contributed by atoms with E-state index in [4.69, 9.17) is 9.47 Å². The fourth-order valence-corrected chi connectivity index (χ4v) is 6.31. The molecule has 0 aliphatic carbocycles. The first kappa shape index (κ1) is 27.3. The van der Waals surface area contributed by atoms with Gasteiger partial charge in [-0.25, -0.2) is 13.8 Å². The Morgan fingerprint density at radius 2 is 1.98 bits per heavy atom. The Bertz CT molecular complexity index is 1770. The Morgan fingerprint density at radius 3 is 2.76 bits per heavy atom. The van der Waals surface area contributed by atoms with Crippen LogP contribution in [0.25, 0.3) is 22.3 Å². The van der Waals surface area contributed by atoms with Crippen molar-refractivity contribution in [3.8, 4) is 28.6 Å². The predicted molar refractivity (Wildman–Crippen MR) is 156 cm³/mol. The summed E-state index contributed by atoms with van der Waals surface area (Å²) in [5, 5.41) is 0.505. The van der Waals surface area contributed by atoms with Crippen LogP contribution in [-0.2, 0) is 5.41 Å². The second-order valence-electron chi connectivity index (χ2n) is 10.6. The lowest BCUT2D eigenvalue weighted by molar-refractivity contribution is 0.238. The zero-order valence-corrected chi connectivity index (χ0v) is 24.0. The van der Waals surface area contributed by atoms with E-state index in [1.165, 1.54) is 35.5 Å². The number of aromatic amines is 2. The van der Waals surface area contributed by atoms with E-state index in [0.717, 1.165) is 29.8 Å². The number of hydrogen-bond donors (Lipinski definition) is 2. The average Bonchev–Trinajstić information content (AvgIpc) is 3.68. The zero-order chi connectivity index (χ0) is 28.9. The van der Waals surface area contributed by atoms with Crippen LogP contribution in [0.15, 0.2) is 59.8 Å². The van der Waals surface area contributed by atoms with Gasteiger partial charge in [0.15, 0.2) is 11.6 Å². The maximum atomic E-state index is 15.1. The minimum absolute atomic E-state index is 0.0709. The molecule has 1 aliphatic rings. The molecule has 3 aromatic carbocycles. The average molecular weight is 578 g/mol. The van der Waals surface area contributed by atoms with Gasteiger partial charge < -0.3 is 19.4 Å². The van der Waals surface area contributed by atoms with Gasteiger partial charge >= 0.3 is 0 Å². The quantitative estimate of drug-likeness (QED) is 0.189. The van der Waals surface area contributed by atoms with E-state index < -0.39 is 22.9 Å². The van der Waals surface area contributed by atoms with Gasteiger partial charge in [-0.1, -0.05) is 32.0 Å². The van der Waals surface area contributed by atoms with E-state index in [2.05, 4.69) is 53.9 Å². The minimum Gasteiger partial charge on any atom is -0.493 e. The van der Waals surface area contributed by atoms with E-state index >= 15 is 8.78 Å². The van der Waals surface area contributed by atoms with Gasteiger partial charge in [0.05, 0.1) is 22.6 Å². The van der Waals surface area contributed by atoms with Crippen molar-refractivity contribution >= 4 is 22.7 Å². The number of nitrogens with one attached hydrogen (secondary N) is 2. The van der Waals surface area contributed by atoms with E-state index in [9.17, 15) is 4.39 Å². The Hall–Kier alpha value is -3.85. The summed E-state index contributed by atoms with van der Waals surface area (Å²) in [4.78, 5) is 11.0. The molecule has 3 heterocycles. The molecule has 2 unspecified atom stereocenters. The Labute approximate surface area is 240 Å². The number of hydrogen-bond acceptors (Lipinski definition) is 4. The first-order valence-corrected chi connectivity index (χ1v) is 14.8. The summed E-state index contributed by atoms with van der Waals surface area (Å²) in [6.45, 7) is 7.04. The van der Waals surface area contributed by atoms with Crippen molar-refractivity contribution in [3.63, 3.8) is 0 Å². The summed E-state index contributed by atoms with van der Waals surface area (Å²) in [6.07, 6.45) is 6.75. The Balaban J connectivity index is 1.37. The number of halogens is 3. The third-order valence-electron chi connectivity index (χ3n) is 8.23. The van der Waals surface area contributed by atoms with Crippen LogP contribution in [0.2, 0.25) is 0 Å². The van der Waals surface area contributed by atoms with Crippen LogP contribution in [-0.4, -0.2) is 27.8 Å². The first-order valence-electron chi connectivity index (χ1n) is 13.6. The summed E-state index contributed by atoms with van der Waals surface area (Å²) < 4.78 is 57.0. The largest absolute Gasteiger partial charge is 0.493 e. The van der Waals surface area contributed by atoms with Gasteiger partial charge in [-0.05, 0) is 61.8 Å². The SMILES string of the molecule is CCC(C)c1cccc2c1OCCC2(C)c1cnc(-c2cc(Oc3c(F)c(F)c4[nH]ccc4c3SC)ccc2F)[nH]1. The summed E-state index contributed by atoms with van der Waals surface area (Å²) in [7, 11) is 0. The fraction of sp³-hybridized carbons (Fsp3) is 0.281. The number of nitrogens with zero attached hydrogens (tertiary/aromatic N) is 1. The minimum atomic E-state index is -1.11. The fourth-order valence-electron chi connectivity index (χ4n) is 5.60. The Kier molecular flexibility index (Phi) is 7.01. The van der Waals surface area contributed by atoms with E-state index in [1.807, 2.05) is 0 Å². The molecule has 0 fully saturated rings. The van der Waals surface area contributed by atoms with Crippen LogP contribution in [0.3, 0.4) is 0 Å². The summed E-state index contributed by atoms with van der Waals surface area (Å²) in [5.41, 5.74) is 2.88. The lowest BCUT2D eigenvalue weighted by Crippen LogP contribution is -2.32. The highest BCUT2D eigenvalue weighted by Gasteiger charge is 2.38. The lowest BCUT2D eigenvalue weighted by atomic mass is 9.74. The van der Waals surface area contributed by atoms with Gasteiger partial charge in [0, 0.05) is 34.5 Å². The summed E-state index contributed by atoms with van der Waals surface area (Å²) >= 11 is 1.24. The van der Waals surface area contributed by atoms with Crippen LogP contribution >= 0.6 is 11.8 Å². The van der Waals surface area contributed by atoms with Crippen molar-refractivity contribution in [1.82, 2.24) is 15.0 Å². The lowest BCUT2D eigenvalue weighted by Gasteiger charge is -2.36. The van der Waals surface area contributed by atoms with Crippen LogP contribution in [0.1, 0.15) is 56.4 Å². The van der Waals surface area contributed by atoms with Crippen LogP contribution in [0, 0.1) is 17.5 Å². The smallest absolute Gasteiger partial charge is 0.204 e. The van der Waals surface area contributed by atoms with Crippen molar-refractivity contribution in [2.75, 3.05) is 12.9 Å². The number of para-hydroxylation sites is 1. The zero-order valence-electron chi connectivity index (χ0n) is 23.2. The van der Waals surface area contributed by atoms with Crippen molar-refractivity contribution in [2.24, 2.45) is 0 Å². The number of rotatable bonds is 7. The van der Waals surface area contributed by atoms with Crippen LogP contribution < -0.4 is 9.47 Å². The number of fused-ring (bicyclic) bond motifs is 2. The monoisotopic (exact) mass is 577 g/mol. The maximum Gasteiger partial charge on any atom is 0.204 e. The van der Waals surface area contributed by atoms with Crippen molar-refractivity contribution in [3.05, 3.63) is 89.1 Å². The van der Waals surface area contributed by atoms with E-state index in [0.29, 0.717) is 28.6 Å². The predicted octanol–water partition coefficient (Wildman–Crippen LogP) is 9.09. The topological polar surface area (TPSA) is 62.9 Å². The highest BCUT2D eigenvalue weighted by molar-refractivity contribution is 7.99. The number of H-pyrrole nitrogens is 2. The molecule has 2 atom stereocenters. The standard InChI is InChI=1S/C32H30F3N3O2S/c1-5-17(2)19-7-6-8-22-28(19)39-14-12-32(22,3)24-16-37-31(38-24)21-15-18(9-10-23(21)33)40-29-26(35)25(34)27-20(11-13-36-27)30(29)41-4/h6-11,13,15-17,36H,5,12,14H2,1-4H3,(H,37,38). The second kappa shape index (κ2) is 10.5. The summed E-state index contributed by atoms with van der Waals surface area (Å²) in [5.74, 6) is -1.18. The Morgan fingerprint density at radius 1 is 1.15 bits per heavy atom. The molecule has 1 aliphatic heterocycles. The van der Waals surface area contributed by atoms with Crippen molar-refractivity contribution in [2.45, 2.75) is 49.8 Å². The number of ether oxygens (including phenoxy) is 2. The van der Waals surface area contributed by atoms with E-state index in [1.54, 1.807) is 24.7 Å². The molecular formula is C32H30F3N3O2S. The molecule has 5 aromatic rings. The van der Waals surface area contributed by atoms with Gasteiger partial charge in [0.25, 0.3) is 0 Å².